The van der Waals surface area contributed by atoms with Crippen molar-refractivity contribution in [3.8, 4) is 5.75 Å². The smallest absolute Gasteiger partial charge is 0.230 e. The predicted molar refractivity (Wildman–Crippen MR) is 99.4 cm³/mol. The van der Waals surface area contributed by atoms with Gasteiger partial charge in [-0.2, -0.15) is 0 Å². The van der Waals surface area contributed by atoms with Crippen molar-refractivity contribution < 1.29 is 9.53 Å². The zero-order valence-corrected chi connectivity index (χ0v) is 15.8. The molecule has 0 aliphatic heterocycles. The van der Waals surface area contributed by atoms with Gasteiger partial charge in [-0.25, -0.2) is 0 Å². The molecular weight excluding hydrogens is 344 g/mol. The third-order valence-electron chi connectivity index (χ3n) is 3.44. The Kier molecular flexibility index (Phi) is 6.86. The van der Waals surface area contributed by atoms with Crippen molar-refractivity contribution in [3.63, 3.8) is 0 Å². The summed E-state index contributed by atoms with van der Waals surface area (Å²) in [5.74, 6) is 1.54. The zero-order valence-electron chi connectivity index (χ0n) is 14.2. The van der Waals surface area contributed by atoms with Gasteiger partial charge in [-0.05, 0) is 25.0 Å². The van der Waals surface area contributed by atoms with Crippen LogP contribution in [0.2, 0.25) is 0 Å². The normalized spacial score (nSPS) is 12.0. The average molecular weight is 367 g/mol. The maximum absolute atomic E-state index is 11.9. The minimum atomic E-state index is 0.0127. The fraction of sp³-hybridized carbons (Fsp3) is 0.438. The van der Waals surface area contributed by atoms with Crippen molar-refractivity contribution in [2.24, 2.45) is 5.92 Å². The van der Waals surface area contributed by atoms with Crippen LogP contribution < -0.4 is 15.4 Å². The first kappa shape index (κ1) is 18.5. The van der Waals surface area contributed by atoms with Crippen LogP contribution in [0.15, 0.2) is 28.6 Å². The minimum absolute atomic E-state index is 0.0127. The lowest BCUT2D eigenvalue weighted by atomic mass is 10.1. The number of carbonyl (C=O) groups is 1. The molecule has 0 radical (unpaired) electrons. The van der Waals surface area contributed by atoms with E-state index in [4.69, 9.17) is 4.74 Å². The molecule has 2 N–H and O–H groups in total. The molecule has 1 aromatic heterocycles. The molecule has 130 valence electrons. The Morgan fingerprint density at radius 2 is 2.12 bits per heavy atom. The van der Waals surface area contributed by atoms with Crippen LogP contribution in [0.4, 0.5) is 10.8 Å². The van der Waals surface area contributed by atoms with E-state index in [0.29, 0.717) is 16.8 Å². The highest BCUT2D eigenvalue weighted by Crippen LogP contribution is 2.28. The molecule has 0 spiro atoms. The lowest BCUT2D eigenvalue weighted by Gasteiger charge is -2.16. The van der Waals surface area contributed by atoms with Crippen molar-refractivity contribution in [2.75, 3.05) is 18.2 Å². The number of nitrogens with one attached hydrogen (secondary N) is 2. The van der Waals surface area contributed by atoms with Crippen LogP contribution in [0.1, 0.15) is 20.8 Å². The number of benzene rings is 1. The summed E-state index contributed by atoms with van der Waals surface area (Å²) in [6.07, 6.45) is 0. The first-order valence-electron chi connectivity index (χ1n) is 7.64. The summed E-state index contributed by atoms with van der Waals surface area (Å²) in [7, 11) is 1.63. The van der Waals surface area contributed by atoms with E-state index in [1.54, 1.807) is 7.11 Å². The third-order valence-corrected chi connectivity index (χ3v) is 5.41. The summed E-state index contributed by atoms with van der Waals surface area (Å²) in [5, 5.41) is 15.0. The Bertz CT molecular complexity index is 676. The first-order valence-corrected chi connectivity index (χ1v) is 9.45. The second-order valence-corrected chi connectivity index (χ2v) is 7.82. The molecule has 1 atom stereocenters. The first-order chi connectivity index (χ1) is 11.5. The molecule has 2 rings (SSSR count). The molecule has 8 heteroatoms. The number of hydrogen-bond acceptors (Lipinski definition) is 7. The van der Waals surface area contributed by atoms with Crippen molar-refractivity contribution in [3.05, 3.63) is 24.3 Å². The highest BCUT2D eigenvalue weighted by atomic mass is 32.2. The lowest BCUT2D eigenvalue weighted by Crippen LogP contribution is -2.37. The van der Waals surface area contributed by atoms with Crippen LogP contribution in [-0.2, 0) is 4.79 Å². The number of hydrogen-bond donors (Lipinski definition) is 2. The van der Waals surface area contributed by atoms with Crippen LogP contribution in [0.3, 0.4) is 0 Å². The molecule has 0 saturated heterocycles. The van der Waals surface area contributed by atoms with Gasteiger partial charge >= 0.3 is 0 Å². The molecule has 1 aromatic carbocycles. The molecule has 1 heterocycles. The largest absolute Gasteiger partial charge is 0.497 e. The Morgan fingerprint density at radius 1 is 1.33 bits per heavy atom. The fourth-order valence-electron chi connectivity index (χ4n) is 1.73. The molecule has 0 aliphatic rings. The second kappa shape index (κ2) is 8.89. The molecule has 6 nitrogen and oxygen atoms in total. The third kappa shape index (κ3) is 5.68. The Labute approximate surface area is 150 Å². The molecule has 0 aliphatic carbocycles. The van der Waals surface area contributed by atoms with E-state index < -0.39 is 0 Å². The molecular formula is C16H22N4O2S2. The number of amides is 1. The molecule has 0 unspecified atom stereocenters. The average Bonchev–Trinajstić information content (AvgIpc) is 3.00. The van der Waals surface area contributed by atoms with Crippen LogP contribution >= 0.6 is 23.1 Å². The maximum Gasteiger partial charge on any atom is 0.230 e. The SMILES string of the molecule is COc1cccc(Nc2nnc(SCC(=O)N[C@H](C)C(C)C)s2)c1. The van der Waals surface area contributed by atoms with E-state index in [1.807, 2.05) is 31.2 Å². The van der Waals surface area contributed by atoms with Gasteiger partial charge < -0.3 is 15.4 Å². The molecule has 0 bridgehead atoms. The van der Waals surface area contributed by atoms with Gasteiger partial charge in [0.1, 0.15) is 5.75 Å². The minimum Gasteiger partial charge on any atom is -0.497 e. The molecule has 1 amide bonds. The number of thioether (sulfide) groups is 1. The topological polar surface area (TPSA) is 76.1 Å². The summed E-state index contributed by atoms with van der Waals surface area (Å²) in [5.41, 5.74) is 0.880. The Morgan fingerprint density at radius 3 is 2.83 bits per heavy atom. The monoisotopic (exact) mass is 366 g/mol. The van der Waals surface area contributed by atoms with E-state index in [1.165, 1.54) is 23.1 Å². The Hall–Kier alpha value is -1.80. The van der Waals surface area contributed by atoms with Crippen LogP contribution in [0.25, 0.3) is 0 Å². The van der Waals surface area contributed by atoms with Gasteiger partial charge in [-0.15, -0.1) is 10.2 Å². The molecule has 0 fully saturated rings. The van der Waals surface area contributed by atoms with E-state index in [9.17, 15) is 4.79 Å². The second-order valence-electron chi connectivity index (χ2n) is 5.62. The fourth-order valence-corrected chi connectivity index (χ4v) is 3.32. The van der Waals surface area contributed by atoms with Crippen molar-refractivity contribution >= 4 is 39.8 Å². The zero-order chi connectivity index (χ0) is 17.5. The van der Waals surface area contributed by atoms with E-state index in [2.05, 4.69) is 34.7 Å². The van der Waals surface area contributed by atoms with E-state index >= 15 is 0 Å². The van der Waals surface area contributed by atoms with Crippen molar-refractivity contribution in [1.82, 2.24) is 15.5 Å². The summed E-state index contributed by atoms with van der Waals surface area (Å²) in [6, 6.07) is 7.76. The van der Waals surface area contributed by atoms with Crippen molar-refractivity contribution in [2.45, 2.75) is 31.2 Å². The van der Waals surface area contributed by atoms with E-state index in [-0.39, 0.29) is 11.9 Å². The molecule has 0 saturated carbocycles. The number of rotatable bonds is 8. The predicted octanol–water partition coefficient (Wildman–Crippen LogP) is 3.54. The van der Waals surface area contributed by atoms with Crippen LogP contribution in [-0.4, -0.2) is 35.0 Å². The maximum atomic E-state index is 11.9. The summed E-state index contributed by atoms with van der Waals surface area (Å²) < 4.78 is 5.95. The highest BCUT2D eigenvalue weighted by Gasteiger charge is 2.12. The summed E-state index contributed by atoms with van der Waals surface area (Å²) >= 11 is 2.81. The van der Waals surface area contributed by atoms with Gasteiger partial charge in [0, 0.05) is 17.8 Å². The van der Waals surface area contributed by atoms with Gasteiger partial charge in [0.05, 0.1) is 12.9 Å². The number of methoxy groups -OCH3 is 1. The van der Waals surface area contributed by atoms with E-state index in [0.717, 1.165) is 15.8 Å². The molecule has 2 aromatic rings. The number of carbonyl (C=O) groups excluding carboxylic acids is 1. The van der Waals surface area contributed by atoms with Gasteiger partial charge in [0.15, 0.2) is 4.34 Å². The highest BCUT2D eigenvalue weighted by molar-refractivity contribution is 8.01. The quantitative estimate of drug-likeness (QED) is 0.696. The number of nitrogens with zero attached hydrogens (tertiary/aromatic N) is 2. The number of aromatic nitrogens is 2. The van der Waals surface area contributed by atoms with Crippen LogP contribution in [0, 0.1) is 5.92 Å². The summed E-state index contributed by atoms with van der Waals surface area (Å²) in [6.45, 7) is 6.17. The van der Waals surface area contributed by atoms with Gasteiger partial charge in [-0.1, -0.05) is 43.0 Å². The standard InChI is InChI=1S/C16H22N4O2S2/c1-10(2)11(3)17-14(21)9-23-16-20-19-15(24-16)18-12-6-5-7-13(8-12)22-4/h5-8,10-11H,9H2,1-4H3,(H,17,21)(H,18,19)/t11-/m1/s1. The Balaban J connectivity index is 1.85. The number of ether oxygens (including phenoxy) is 1. The lowest BCUT2D eigenvalue weighted by molar-refractivity contribution is -0.119. The van der Waals surface area contributed by atoms with Crippen LogP contribution in [0.5, 0.6) is 5.75 Å². The van der Waals surface area contributed by atoms with Gasteiger partial charge in [-0.3, -0.25) is 4.79 Å². The number of anilines is 2. The van der Waals surface area contributed by atoms with Crippen molar-refractivity contribution in [1.29, 1.82) is 0 Å². The molecule has 24 heavy (non-hydrogen) atoms. The van der Waals surface area contributed by atoms with Gasteiger partial charge in [0.2, 0.25) is 11.0 Å². The van der Waals surface area contributed by atoms with Gasteiger partial charge in [0.25, 0.3) is 0 Å². The summed E-state index contributed by atoms with van der Waals surface area (Å²) in [4.78, 5) is 11.9.